The van der Waals surface area contributed by atoms with E-state index < -0.39 is 32.5 Å². The van der Waals surface area contributed by atoms with Crippen LogP contribution in [0.1, 0.15) is 207 Å². The molecule has 410 valence electrons. The number of carbonyl (C=O) groups is 2. The maximum absolute atomic E-state index is 13.4. The van der Waals surface area contributed by atoms with Gasteiger partial charge in [0.15, 0.2) is 0 Å². The predicted octanol–water partition coefficient (Wildman–Crippen LogP) is 16.5. The van der Waals surface area contributed by atoms with Crippen molar-refractivity contribution in [3.8, 4) is 0 Å². The number of ether oxygens (including phenoxy) is 1. The van der Waals surface area contributed by atoms with Crippen LogP contribution in [0.5, 0.6) is 0 Å². The molecule has 0 spiro atoms. The van der Waals surface area contributed by atoms with Crippen LogP contribution in [-0.2, 0) is 27.9 Å². The number of esters is 1. The molecule has 1 amide bonds. The molecule has 0 saturated carbocycles. The van der Waals surface area contributed by atoms with Crippen LogP contribution in [0.25, 0.3) is 0 Å². The minimum absolute atomic E-state index is 0.0503. The van der Waals surface area contributed by atoms with Gasteiger partial charge in [0.2, 0.25) is 5.91 Å². The van der Waals surface area contributed by atoms with Gasteiger partial charge in [-0.2, -0.15) is 0 Å². The van der Waals surface area contributed by atoms with E-state index in [1.165, 1.54) is 83.5 Å². The van der Waals surface area contributed by atoms with Crippen molar-refractivity contribution in [2.45, 2.75) is 219 Å². The van der Waals surface area contributed by atoms with Gasteiger partial charge in [0, 0.05) is 12.8 Å². The lowest BCUT2D eigenvalue weighted by Crippen LogP contribution is -2.47. The van der Waals surface area contributed by atoms with E-state index in [0.717, 1.165) is 77.0 Å². The number of likely N-dealkylation sites (N-methyl/N-ethyl adjacent to an activating group) is 1. The second-order valence-corrected chi connectivity index (χ2v) is 21.1. The third-order valence-corrected chi connectivity index (χ3v) is 12.6. The molecule has 72 heavy (non-hydrogen) atoms. The molecule has 0 heterocycles. The van der Waals surface area contributed by atoms with Crippen molar-refractivity contribution in [1.82, 2.24) is 5.32 Å². The normalized spacial score (nSPS) is 14.7. The zero-order valence-corrected chi connectivity index (χ0v) is 47.5. The van der Waals surface area contributed by atoms with Crippen molar-refractivity contribution < 1.29 is 37.3 Å². The van der Waals surface area contributed by atoms with Gasteiger partial charge in [0.1, 0.15) is 19.3 Å². The van der Waals surface area contributed by atoms with E-state index in [1.54, 1.807) is 6.08 Å². The molecular formula is C62H105N2O7P. The van der Waals surface area contributed by atoms with Crippen molar-refractivity contribution in [2.75, 3.05) is 40.9 Å². The van der Waals surface area contributed by atoms with E-state index in [1.807, 2.05) is 39.4 Å². The van der Waals surface area contributed by atoms with Crippen molar-refractivity contribution >= 4 is 19.7 Å². The van der Waals surface area contributed by atoms with E-state index in [-0.39, 0.29) is 25.4 Å². The molecule has 0 saturated heterocycles. The maximum Gasteiger partial charge on any atom is 0.306 e. The predicted molar refractivity (Wildman–Crippen MR) is 307 cm³/mol. The Morgan fingerprint density at radius 1 is 0.500 bits per heavy atom. The van der Waals surface area contributed by atoms with E-state index in [0.29, 0.717) is 23.9 Å². The van der Waals surface area contributed by atoms with Gasteiger partial charge in [0.25, 0.3) is 7.82 Å². The lowest BCUT2D eigenvalue weighted by Gasteiger charge is -2.30. The SMILES string of the molecule is CC/C=C/C/C=C/C/C=C/C/C=C/C/C=C/CCC(=O)NC(COP(=O)([O-])OCC[N+](C)(C)C)C(/C=C/CCCCCCCCCCCCC)OC(=O)CCC/C=C\C/C=C\C/C=C\C/C=C\CCCCC. The Hall–Kier alpha value is -3.59. The highest BCUT2D eigenvalue weighted by Crippen LogP contribution is 2.38. The van der Waals surface area contributed by atoms with Crippen LogP contribution in [0.2, 0.25) is 0 Å². The number of rotatable bonds is 49. The second kappa shape index (κ2) is 50.9. The van der Waals surface area contributed by atoms with Crippen LogP contribution < -0.4 is 10.2 Å². The average Bonchev–Trinajstić information content (AvgIpc) is 3.34. The molecule has 9 nitrogen and oxygen atoms in total. The van der Waals surface area contributed by atoms with Crippen molar-refractivity contribution in [3.63, 3.8) is 0 Å². The van der Waals surface area contributed by atoms with Gasteiger partial charge in [0.05, 0.1) is 33.8 Å². The Balaban J connectivity index is 5.61. The van der Waals surface area contributed by atoms with Gasteiger partial charge in [-0.3, -0.25) is 14.2 Å². The molecular weight excluding hydrogens is 916 g/mol. The lowest BCUT2D eigenvalue weighted by molar-refractivity contribution is -0.870. The largest absolute Gasteiger partial charge is 0.756 e. The zero-order chi connectivity index (χ0) is 52.9. The molecule has 0 aromatic carbocycles. The minimum Gasteiger partial charge on any atom is -0.756 e. The summed E-state index contributed by atoms with van der Waals surface area (Å²) in [6.45, 7) is 6.58. The fourth-order valence-electron chi connectivity index (χ4n) is 7.26. The van der Waals surface area contributed by atoms with Crippen LogP contribution in [-0.4, -0.2) is 69.4 Å². The minimum atomic E-state index is -4.73. The first-order chi connectivity index (χ1) is 34.9. The summed E-state index contributed by atoms with van der Waals surface area (Å²) in [7, 11) is 1.09. The molecule has 0 fully saturated rings. The Labute approximate surface area is 442 Å². The number of amides is 1. The molecule has 3 atom stereocenters. The Bertz CT molecular complexity index is 1650. The maximum atomic E-state index is 13.4. The number of allylic oxidation sites excluding steroid dienone is 19. The Morgan fingerprint density at radius 3 is 1.39 bits per heavy atom. The number of carbonyl (C=O) groups excluding carboxylic acids is 2. The number of quaternary nitrogens is 1. The first-order valence-corrected chi connectivity index (χ1v) is 29.8. The first kappa shape index (κ1) is 68.4. The number of phosphoric acid groups is 1. The molecule has 0 aliphatic rings. The fourth-order valence-corrected chi connectivity index (χ4v) is 7.99. The smallest absolute Gasteiger partial charge is 0.306 e. The van der Waals surface area contributed by atoms with E-state index in [2.05, 4.69) is 123 Å². The lowest BCUT2D eigenvalue weighted by atomic mass is 10.0. The highest BCUT2D eigenvalue weighted by Gasteiger charge is 2.27. The van der Waals surface area contributed by atoms with Crippen molar-refractivity contribution in [3.05, 3.63) is 122 Å². The summed E-state index contributed by atoms with van der Waals surface area (Å²) in [6, 6.07) is -0.957. The van der Waals surface area contributed by atoms with Gasteiger partial charge in [-0.15, -0.1) is 0 Å². The summed E-state index contributed by atoms with van der Waals surface area (Å²) in [5.41, 5.74) is 0. The monoisotopic (exact) mass is 1020 g/mol. The topological polar surface area (TPSA) is 114 Å². The zero-order valence-electron chi connectivity index (χ0n) is 46.6. The standard InChI is InChI=1S/C62H105N2O7P/c1-7-10-13-16-19-22-25-28-30-32-34-37-40-43-46-49-52-55-62(66)71-60(53-50-47-44-41-38-35-27-24-21-18-15-12-9-3)59(58-70-72(67,68)69-57-56-64(4,5)6)63-61(65)54-51-48-45-42-39-36-33-31-29-26-23-20-17-14-11-8-2/h11,14,19-20,22-23,28-31,34,36-37,39,43,45-46,48,50,53,59-60H,7-10,12-13,15-18,21,24-27,32-33,35,38,40-42,44,47,49,51-52,54-58H2,1-6H3,(H-,63,65,67,68)/b14-11+,22-19-,23-20+,30-28-,31-29+,37-34-,39-36+,46-43-,48-45+,53-50+. The van der Waals surface area contributed by atoms with Gasteiger partial charge in [-0.1, -0.05) is 213 Å². The summed E-state index contributed by atoms with van der Waals surface area (Å²) in [5, 5.41) is 2.95. The molecule has 0 rings (SSSR count). The highest BCUT2D eigenvalue weighted by atomic mass is 31.2. The number of phosphoric ester groups is 1. The van der Waals surface area contributed by atoms with Crippen molar-refractivity contribution in [2.24, 2.45) is 0 Å². The van der Waals surface area contributed by atoms with Crippen LogP contribution >= 0.6 is 7.82 Å². The summed E-state index contributed by atoms with van der Waals surface area (Å²) in [6.07, 6.45) is 70.5. The van der Waals surface area contributed by atoms with Crippen molar-refractivity contribution in [1.29, 1.82) is 0 Å². The van der Waals surface area contributed by atoms with E-state index >= 15 is 0 Å². The molecule has 1 N–H and O–H groups in total. The number of nitrogens with zero attached hydrogens (tertiary/aromatic N) is 1. The molecule has 3 unspecified atom stereocenters. The molecule has 10 heteroatoms. The first-order valence-electron chi connectivity index (χ1n) is 28.3. The molecule has 0 radical (unpaired) electrons. The molecule has 0 aliphatic heterocycles. The Kier molecular flexibility index (Phi) is 48.4. The molecule has 0 bridgehead atoms. The molecule has 0 aliphatic carbocycles. The Morgan fingerprint density at radius 2 is 0.903 bits per heavy atom. The summed E-state index contributed by atoms with van der Waals surface area (Å²) in [4.78, 5) is 39.8. The number of unbranched alkanes of at least 4 members (excludes halogenated alkanes) is 15. The van der Waals surface area contributed by atoms with Crippen LogP contribution in [0.3, 0.4) is 0 Å². The molecule has 0 aromatic rings. The van der Waals surface area contributed by atoms with E-state index in [4.69, 9.17) is 13.8 Å². The van der Waals surface area contributed by atoms with Crippen LogP contribution in [0, 0.1) is 0 Å². The molecule has 0 aromatic heterocycles. The number of hydrogen-bond acceptors (Lipinski definition) is 7. The third kappa shape index (κ3) is 51.3. The van der Waals surface area contributed by atoms with Gasteiger partial charge in [-0.25, -0.2) is 0 Å². The highest BCUT2D eigenvalue weighted by molar-refractivity contribution is 7.45. The summed E-state index contributed by atoms with van der Waals surface area (Å²) < 4.78 is 30.1. The van der Waals surface area contributed by atoms with Gasteiger partial charge >= 0.3 is 5.97 Å². The van der Waals surface area contributed by atoms with E-state index in [9.17, 15) is 19.0 Å². The summed E-state index contributed by atoms with van der Waals surface area (Å²) in [5.74, 6) is -0.714. The van der Waals surface area contributed by atoms with Crippen LogP contribution in [0.15, 0.2) is 122 Å². The quantitative estimate of drug-likeness (QED) is 0.0212. The average molecular weight is 1020 g/mol. The third-order valence-electron chi connectivity index (χ3n) is 11.6. The van der Waals surface area contributed by atoms with Gasteiger partial charge in [-0.05, 0) is 102 Å². The van der Waals surface area contributed by atoms with Crippen LogP contribution in [0.4, 0.5) is 0 Å². The summed E-state index contributed by atoms with van der Waals surface area (Å²) >= 11 is 0. The second-order valence-electron chi connectivity index (χ2n) is 19.7. The number of nitrogens with one attached hydrogen (secondary N) is 1. The fraction of sp³-hybridized carbons (Fsp3) is 0.645. The number of hydrogen-bond donors (Lipinski definition) is 1. The van der Waals surface area contributed by atoms with Gasteiger partial charge < -0.3 is 28.5 Å².